The molecule has 0 spiro atoms. The van der Waals surface area contributed by atoms with Crippen molar-refractivity contribution in [2.45, 2.75) is 31.1 Å². The molecule has 1 aliphatic rings. The lowest BCUT2D eigenvalue weighted by atomic mass is 10.1. The number of para-hydroxylation sites is 1. The van der Waals surface area contributed by atoms with Crippen molar-refractivity contribution < 1.29 is 24.8 Å². The van der Waals surface area contributed by atoms with Gasteiger partial charge in [0.25, 0.3) is 5.56 Å². The van der Waals surface area contributed by atoms with Crippen LogP contribution in [0.1, 0.15) is 11.9 Å². The minimum Gasteiger partial charge on any atom is -0.457 e. The summed E-state index contributed by atoms with van der Waals surface area (Å²) in [6.07, 6.45) is -2.40. The van der Waals surface area contributed by atoms with Gasteiger partial charge in [-0.05, 0) is 18.2 Å². The minimum atomic E-state index is -1.44. The van der Waals surface area contributed by atoms with E-state index in [0.29, 0.717) is 17.2 Å². The number of rotatable bonds is 6. The van der Waals surface area contributed by atoms with Crippen LogP contribution in [0.2, 0.25) is 0 Å². The summed E-state index contributed by atoms with van der Waals surface area (Å²) in [7, 11) is 0. The molecule has 4 atom stereocenters. The second-order valence-corrected chi connectivity index (χ2v) is 7.06. The van der Waals surface area contributed by atoms with E-state index in [-0.39, 0.29) is 6.54 Å². The molecule has 4 rings (SSSR count). The highest BCUT2D eigenvalue weighted by atomic mass is 16.6. The molecule has 1 aromatic carbocycles. The molecule has 0 radical (unpaired) electrons. The third kappa shape index (κ3) is 4.28. The Hall–Kier alpha value is -3.31. The van der Waals surface area contributed by atoms with Gasteiger partial charge in [0.2, 0.25) is 0 Å². The number of aliphatic hydroxyl groups excluding tert-OH is 3. The quantitative estimate of drug-likeness (QED) is 0.495. The summed E-state index contributed by atoms with van der Waals surface area (Å²) in [6, 6.07) is 13.5. The highest BCUT2D eigenvalue weighted by Crippen LogP contribution is 2.28. The van der Waals surface area contributed by atoms with Crippen molar-refractivity contribution in [2.75, 3.05) is 6.61 Å². The second-order valence-electron chi connectivity index (χ2n) is 7.06. The Bertz CT molecular complexity index is 1160. The summed E-state index contributed by atoms with van der Waals surface area (Å²) in [5.41, 5.74) is -0.908. The first kappa shape index (κ1) is 20.9. The van der Waals surface area contributed by atoms with E-state index in [1.165, 1.54) is 12.4 Å². The van der Waals surface area contributed by atoms with E-state index in [1.54, 1.807) is 24.3 Å². The Morgan fingerprint density at radius 3 is 2.52 bits per heavy atom. The van der Waals surface area contributed by atoms with Crippen LogP contribution in [0.4, 0.5) is 0 Å². The molecule has 3 aromatic rings. The van der Waals surface area contributed by atoms with Gasteiger partial charge < -0.3 is 24.8 Å². The van der Waals surface area contributed by atoms with Gasteiger partial charge in [-0.1, -0.05) is 18.2 Å². The van der Waals surface area contributed by atoms with Crippen LogP contribution in [0.15, 0.2) is 70.5 Å². The lowest BCUT2D eigenvalue weighted by molar-refractivity contribution is -0.0555. The maximum Gasteiger partial charge on any atom is 0.333 e. The average Bonchev–Trinajstić information content (AvgIpc) is 3.06. The number of hydrogen-bond donors (Lipinski definition) is 3. The molecule has 10 nitrogen and oxygen atoms in total. The summed E-state index contributed by atoms with van der Waals surface area (Å²) < 4.78 is 13.1. The van der Waals surface area contributed by atoms with Crippen molar-refractivity contribution in [3.8, 4) is 11.5 Å². The molecule has 0 saturated carbocycles. The predicted molar refractivity (Wildman–Crippen MR) is 108 cm³/mol. The molecule has 0 bridgehead atoms. The molecule has 1 fully saturated rings. The molecule has 1 aliphatic heterocycles. The Kier molecular flexibility index (Phi) is 5.96. The van der Waals surface area contributed by atoms with E-state index in [9.17, 15) is 24.9 Å². The molecule has 3 heterocycles. The molecule has 10 heteroatoms. The van der Waals surface area contributed by atoms with Gasteiger partial charge in [0.1, 0.15) is 29.8 Å². The van der Waals surface area contributed by atoms with Gasteiger partial charge >= 0.3 is 5.69 Å². The van der Waals surface area contributed by atoms with Crippen molar-refractivity contribution in [1.82, 2.24) is 14.1 Å². The lowest BCUT2D eigenvalue weighted by Crippen LogP contribution is -2.43. The minimum absolute atomic E-state index is 0.140. The molecule has 4 unspecified atom stereocenters. The van der Waals surface area contributed by atoms with Crippen molar-refractivity contribution in [3.05, 3.63) is 87.5 Å². The summed E-state index contributed by atoms with van der Waals surface area (Å²) >= 11 is 0. The van der Waals surface area contributed by atoms with Gasteiger partial charge in [-0.15, -0.1) is 0 Å². The van der Waals surface area contributed by atoms with Gasteiger partial charge in [-0.3, -0.25) is 18.9 Å². The zero-order valence-electron chi connectivity index (χ0n) is 16.3. The average molecular weight is 427 g/mol. The smallest absolute Gasteiger partial charge is 0.333 e. The summed E-state index contributed by atoms with van der Waals surface area (Å²) in [4.78, 5) is 29.5. The molecule has 162 valence electrons. The Balaban J connectivity index is 1.61. The van der Waals surface area contributed by atoms with E-state index in [4.69, 9.17) is 9.47 Å². The van der Waals surface area contributed by atoms with Crippen LogP contribution in [0.5, 0.6) is 11.5 Å². The fourth-order valence-corrected chi connectivity index (χ4v) is 3.37. The fraction of sp³-hybridized carbons (Fsp3) is 0.286. The van der Waals surface area contributed by atoms with Crippen molar-refractivity contribution >= 4 is 0 Å². The second kappa shape index (κ2) is 8.82. The number of aromatic nitrogens is 3. The first-order valence-corrected chi connectivity index (χ1v) is 9.60. The third-order valence-electron chi connectivity index (χ3n) is 4.97. The van der Waals surface area contributed by atoms with Crippen LogP contribution >= 0.6 is 0 Å². The Morgan fingerprint density at radius 2 is 1.81 bits per heavy atom. The first-order valence-electron chi connectivity index (χ1n) is 9.60. The molecule has 0 amide bonds. The van der Waals surface area contributed by atoms with Crippen LogP contribution in [0.3, 0.4) is 0 Å². The zero-order chi connectivity index (χ0) is 22.0. The predicted octanol–water partition coefficient (Wildman–Crippen LogP) is -0.143. The fourth-order valence-electron chi connectivity index (χ4n) is 3.37. The highest BCUT2D eigenvalue weighted by Gasteiger charge is 2.43. The first-order chi connectivity index (χ1) is 15.0. The van der Waals surface area contributed by atoms with Crippen molar-refractivity contribution in [1.29, 1.82) is 0 Å². The van der Waals surface area contributed by atoms with Crippen LogP contribution in [0, 0.1) is 0 Å². The molecule has 2 aromatic heterocycles. The van der Waals surface area contributed by atoms with Crippen LogP contribution in [-0.4, -0.2) is 54.4 Å². The van der Waals surface area contributed by atoms with E-state index in [0.717, 1.165) is 15.2 Å². The SMILES string of the molecule is O=c1ccn(C2OC(CO)C(O)C2O)c(=O)n1Cc1cc(Oc2ccccc2)ccn1. The van der Waals surface area contributed by atoms with E-state index < -0.39 is 42.4 Å². The van der Waals surface area contributed by atoms with E-state index in [1.807, 2.05) is 18.2 Å². The topological polar surface area (TPSA) is 136 Å². The maximum atomic E-state index is 12.9. The van der Waals surface area contributed by atoms with Gasteiger partial charge in [0.05, 0.1) is 18.8 Å². The summed E-state index contributed by atoms with van der Waals surface area (Å²) in [5, 5.41) is 29.4. The molecule has 3 N–H and O–H groups in total. The third-order valence-corrected chi connectivity index (χ3v) is 4.97. The van der Waals surface area contributed by atoms with Crippen LogP contribution in [-0.2, 0) is 11.3 Å². The highest BCUT2D eigenvalue weighted by molar-refractivity contribution is 5.31. The monoisotopic (exact) mass is 427 g/mol. The van der Waals surface area contributed by atoms with Crippen molar-refractivity contribution in [3.63, 3.8) is 0 Å². The maximum absolute atomic E-state index is 12.9. The summed E-state index contributed by atoms with van der Waals surface area (Å²) in [5.74, 6) is 1.12. The number of hydrogen-bond acceptors (Lipinski definition) is 8. The molecule has 1 saturated heterocycles. The van der Waals surface area contributed by atoms with E-state index in [2.05, 4.69) is 4.98 Å². The van der Waals surface area contributed by atoms with Crippen molar-refractivity contribution in [2.24, 2.45) is 0 Å². The Morgan fingerprint density at radius 1 is 1.03 bits per heavy atom. The van der Waals surface area contributed by atoms with Crippen LogP contribution < -0.4 is 16.0 Å². The standard InChI is InChI=1S/C21H21N3O7/c25-12-16-18(27)19(28)20(31-16)23-9-7-17(26)24(21(23)29)11-13-10-15(6-8-22-13)30-14-4-2-1-3-5-14/h1-10,16,18-20,25,27-28H,11-12H2. The molecule has 0 aliphatic carbocycles. The number of ether oxygens (including phenoxy) is 2. The molecular formula is C21H21N3O7. The van der Waals surface area contributed by atoms with Gasteiger partial charge in [-0.2, -0.15) is 0 Å². The zero-order valence-corrected chi connectivity index (χ0v) is 16.3. The molecular weight excluding hydrogens is 406 g/mol. The number of pyridine rings is 1. The number of aliphatic hydroxyl groups is 3. The number of benzene rings is 1. The van der Waals surface area contributed by atoms with Gasteiger partial charge in [0, 0.05) is 24.5 Å². The largest absolute Gasteiger partial charge is 0.457 e. The van der Waals surface area contributed by atoms with Crippen LogP contribution in [0.25, 0.3) is 0 Å². The molecule has 31 heavy (non-hydrogen) atoms. The van der Waals surface area contributed by atoms with Gasteiger partial charge in [0.15, 0.2) is 6.23 Å². The van der Waals surface area contributed by atoms with Gasteiger partial charge in [-0.25, -0.2) is 4.79 Å². The summed E-state index contributed by atoms with van der Waals surface area (Å²) in [6.45, 7) is -0.666. The van der Waals surface area contributed by atoms with E-state index >= 15 is 0 Å². The number of nitrogens with zero attached hydrogens (tertiary/aromatic N) is 3. The lowest BCUT2D eigenvalue weighted by Gasteiger charge is -2.18. The normalized spacial score (nSPS) is 23.1. The Labute approximate surface area is 176 Å².